The maximum atomic E-state index is 13.5. The molecule has 41 heavy (non-hydrogen) atoms. The van der Waals surface area contributed by atoms with Gasteiger partial charge in [-0.05, 0) is 29.8 Å². The normalized spacial score (nSPS) is 13.3. The van der Waals surface area contributed by atoms with E-state index in [0.717, 1.165) is 5.56 Å². The number of nitrogens with zero attached hydrogens (tertiary/aromatic N) is 6. The lowest BCUT2D eigenvalue weighted by Crippen LogP contribution is -2.31. The molecule has 0 saturated carbocycles. The molecule has 3 N–H and O–H groups in total. The molecule has 2 aromatic carbocycles. The molecule has 1 aliphatic heterocycles. The predicted octanol–water partition coefficient (Wildman–Crippen LogP) is 2.91. The zero-order valence-corrected chi connectivity index (χ0v) is 22.0. The number of aromatic nitrogens is 6. The maximum Gasteiger partial charge on any atom is 0.280 e. The van der Waals surface area contributed by atoms with Crippen LogP contribution in [0.5, 0.6) is 0 Å². The molecule has 1 fully saturated rings. The van der Waals surface area contributed by atoms with Crippen LogP contribution >= 0.6 is 0 Å². The first kappa shape index (κ1) is 26.2. The lowest BCUT2D eigenvalue weighted by molar-refractivity contribution is -0.0268. The van der Waals surface area contributed by atoms with Crippen LogP contribution in [0.25, 0.3) is 33.4 Å². The number of methoxy groups -OCH3 is 1. The summed E-state index contributed by atoms with van der Waals surface area (Å²) in [5.41, 5.74) is 8.40. The summed E-state index contributed by atoms with van der Waals surface area (Å²) in [6.07, 6.45) is 2.93. The highest BCUT2D eigenvalue weighted by Crippen LogP contribution is 2.33. The SMILES string of the molecule is COCCn1cc(-c2ccc(F)cc2)c(=O)c(C(=O)Nc2ccc(-c3nn(C4COC4)c4ncnc(N)c34)cc2)n1. The van der Waals surface area contributed by atoms with Gasteiger partial charge in [-0.15, -0.1) is 0 Å². The zero-order valence-electron chi connectivity index (χ0n) is 22.0. The number of fused-ring (bicyclic) bond motifs is 1. The van der Waals surface area contributed by atoms with Gasteiger partial charge in [-0.2, -0.15) is 10.2 Å². The van der Waals surface area contributed by atoms with Gasteiger partial charge in [0.1, 0.15) is 29.7 Å². The van der Waals surface area contributed by atoms with E-state index in [-0.39, 0.29) is 17.3 Å². The molecule has 1 saturated heterocycles. The fourth-order valence-electron chi connectivity index (χ4n) is 4.54. The summed E-state index contributed by atoms with van der Waals surface area (Å²) in [4.78, 5) is 35.0. The molecular formula is C28H25FN8O4. The van der Waals surface area contributed by atoms with Gasteiger partial charge in [0.05, 0.1) is 31.8 Å². The Morgan fingerprint density at radius 1 is 1.10 bits per heavy atom. The second kappa shape index (κ2) is 10.9. The highest BCUT2D eigenvalue weighted by Gasteiger charge is 2.27. The number of benzene rings is 2. The van der Waals surface area contributed by atoms with E-state index >= 15 is 0 Å². The standard InChI is InChI=1S/C28H25FN8O4/c1-40-11-10-36-12-21(16-2-6-18(29)7-3-16)25(38)24(34-36)28(39)33-19-8-4-17(5-9-19)23-22-26(30)31-15-32-27(22)37(35-23)20-13-41-14-20/h2-9,12,15,20H,10-11,13-14H2,1H3,(H,33,39)(H2,30,31,32). The van der Waals surface area contributed by atoms with Gasteiger partial charge in [0.15, 0.2) is 11.3 Å². The molecule has 0 spiro atoms. The van der Waals surface area contributed by atoms with Crippen LogP contribution < -0.4 is 16.5 Å². The molecule has 0 aliphatic carbocycles. The molecule has 12 nitrogen and oxygen atoms in total. The lowest BCUT2D eigenvalue weighted by Gasteiger charge is -2.26. The van der Waals surface area contributed by atoms with E-state index in [9.17, 15) is 14.0 Å². The van der Waals surface area contributed by atoms with Crippen LogP contribution in [0, 0.1) is 5.82 Å². The molecule has 0 atom stereocenters. The van der Waals surface area contributed by atoms with Crippen molar-refractivity contribution in [3.05, 3.63) is 82.8 Å². The van der Waals surface area contributed by atoms with Crippen LogP contribution in [0.2, 0.25) is 0 Å². The molecule has 0 bridgehead atoms. The minimum Gasteiger partial charge on any atom is -0.383 e. The fourth-order valence-corrected chi connectivity index (χ4v) is 4.54. The average Bonchev–Trinajstić information content (AvgIpc) is 3.32. The largest absolute Gasteiger partial charge is 0.383 e. The van der Waals surface area contributed by atoms with Crippen molar-refractivity contribution in [3.63, 3.8) is 0 Å². The number of amides is 1. The first-order valence-electron chi connectivity index (χ1n) is 12.8. The third-order valence-electron chi connectivity index (χ3n) is 6.76. The number of nitrogen functional groups attached to an aromatic ring is 1. The second-order valence-electron chi connectivity index (χ2n) is 9.46. The summed E-state index contributed by atoms with van der Waals surface area (Å²) in [5, 5.41) is 12.4. The Balaban J connectivity index is 1.30. The molecule has 13 heteroatoms. The molecule has 1 aliphatic rings. The van der Waals surface area contributed by atoms with Crippen molar-refractivity contribution >= 4 is 28.4 Å². The number of carbonyl (C=O) groups is 1. The van der Waals surface area contributed by atoms with Crippen molar-refractivity contribution in [3.8, 4) is 22.4 Å². The summed E-state index contributed by atoms with van der Waals surface area (Å²) in [5.74, 6) is -0.808. The van der Waals surface area contributed by atoms with Gasteiger partial charge in [0.25, 0.3) is 5.91 Å². The van der Waals surface area contributed by atoms with E-state index in [1.165, 1.54) is 48.6 Å². The van der Waals surface area contributed by atoms with E-state index < -0.39 is 17.2 Å². The summed E-state index contributed by atoms with van der Waals surface area (Å²) in [6.45, 7) is 1.69. The monoisotopic (exact) mass is 556 g/mol. The van der Waals surface area contributed by atoms with Gasteiger partial charge in [0.2, 0.25) is 5.43 Å². The lowest BCUT2D eigenvalue weighted by atomic mass is 10.1. The van der Waals surface area contributed by atoms with Gasteiger partial charge in [0, 0.05) is 30.1 Å². The smallest absolute Gasteiger partial charge is 0.280 e. The maximum absolute atomic E-state index is 13.5. The third-order valence-corrected chi connectivity index (χ3v) is 6.76. The minimum atomic E-state index is -0.685. The number of halogens is 1. The topological polar surface area (TPSA) is 152 Å². The van der Waals surface area contributed by atoms with Gasteiger partial charge in [-0.3, -0.25) is 14.3 Å². The summed E-state index contributed by atoms with van der Waals surface area (Å²) in [7, 11) is 1.54. The average molecular weight is 557 g/mol. The number of rotatable bonds is 8. The van der Waals surface area contributed by atoms with Crippen molar-refractivity contribution in [2.45, 2.75) is 12.6 Å². The predicted molar refractivity (Wildman–Crippen MR) is 149 cm³/mol. The van der Waals surface area contributed by atoms with Gasteiger partial charge in [-0.1, -0.05) is 24.3 Å². The molecule has 0 unspecified atom stereocenters. The molecule has 3 aromatic heterocycles. The Kier molecular flexibility index (Phi) is 6.95. The van der Waals surface area contributed by atoms with Crippen molar-refractivity contribution in [2.24, 2.45) is 0 Å². The Hall–Kier alpha value is -5.01. The highest BCUT2D eigenvalue weighted by atomic mass is 19.1. The molecule has 1 amide bonds. The van der Waals surface area contributed by atoms with Crippen LogP contribution in [0.15, 0.2) is 65.8 Å². The number of hydrogen-bond donors (Lipinski definition) is 2. The van der Waals surface area contributed by atoms with Crippen LogP contribution in [-0.4, -0.2) is 62.4 Å². The van der Waals surface area contributed by atoms with E-state index in [2.05, 4.69) is 20.4 Å². The van der Waals surface area contributed by atoms with E-state index in [0.29, 0.717) is 60.2 Å². The molecule has 208 valence electrons. The van der Waals surface area contributed by atoms with Crippen molar-refractivity contribution in [2.75, 3.05) is 38.0 Å². The van der Waals surface area contributed by atoms with Crippen molar-refractivity contribution in [1.29, 1.82) is 0 Å². The quantitative estimate of drug-likeness (QED) is 0.294. The second-order valence-corrected chi connectivity index (χ2v) is 9.46. The number of anilines is 2. The van der Waals surface area contributed by atoms with E-state index in [4.69, 9.17) is 20.3 Å². The molecule has 6 rings (SSSR count). The summed E-state index contributed by atoms with van der Waals surface area (Å²) < 4.78 is 27.2. The number of carbonyl (C=O) groups excluding carboxylic acids is 1. The molecule has 4 heterocycles. The Morgan fingerprint density at radius 2 is 1.83 bits per heavy atom. The summed E-state index contributed by atoms with van der Waals surface area (Å²) in [6, 6.07) is 12.5. The van der Waals surface area contributed by atoms with Crippen LogP contribution in [0.3, 0.4) is 0 Å². The molecular weight excluding hydrogens is 531 g/mol. The van der Waals surface area contributed by atoms with Crippen LogP contribution in [0.1, 0.15) is 16.5 Å². The number of ether oxygens (including phenoxy) is 2. The zero-order chi connectivity index (χ0) is 28.5. The number of nitrogens with two attached hydrogens (primary N) is 1. The van der Waals surface area contributed by atoms with E-state index in [1.807, 2.05) is 0 Å². The fraction of sp³-hybridized carbons (Fsp3) is 0.214. The van der Waals surface area contributed by atoms with E-state index in [1.54, 1.807) is 28.9 Å². The Labute approximate surface area is 232 Å². The first-order chi connectivity index (χ1) is 19.9. The van der Waals surface area contributed by atoms with Crippen molar-refractivity contribution < 1.29 is 18.7 Å². The summed E-state index contributed by atoms with van der Waals surface area (Å²) >= 11 is 0. The van der Waals surface area contributed by atoms with Gasteiger partial charge in [-0.25, -0.2) is 19.0 Å². The van der Waals surface area contributed by atoms with Crippen LogP contribution in [-0.2, 0) is 16.0 Å². The van der Waals surface area contributed by atoms with Crippen molar-refractivity contribution in [1.82, 2.24) is 29.5 Å². The van der Waals surface area contributed by atoms with Gasteiger partial charge < -0.3 is 20.5 Å². The molecule has 5 aromatic rings. The third kappa shape index (κ3) is 5.03. The number of hydrogen-bond acceptors (Lipinski definition) is 9. The minimum absolute atomic E-state index is 0.0604. The Bertz CT molecular complexity index is 1800. The van der Waals surface area contributed by atoms with Gasteiger partial charge >= 0.3 is 0 Å². The Morgan fingerprint density at radius 3 is 2.51 bits per heavy atom. The highest BCUT2D eigenvalue weighted by molar-refractivity contribution is 6.03. The molecule has 0 radical (unpaired) electrons. The first-order valence-corrected chi connectivity index (χ1v) is 12.8. The number of nitrogens with one attached hydrogen (secondary N) is 1. The van der Waals surface area contributed by atoms with Crippen LogP contribution in [0.4, 0.5) is 15.9 Å².